The predicted octanol–water partition coefficient (Wildman–Crippen LogP) is 1.71. The third-order valence-electron chi connectivity index (χ3n) is 5.83. The maximum absolute atomic E-state index is 3.62. The van der Waals surface area contributed by atoms with Crippen LogP contribution < -0.4 is 5.32 Å². The van der Waals surface area contributed by atoms with Crippen LogP contribution in [-0.2, 0) is 0 Å². The second-order valence-corrected chi connectivity index (χ2v) is 6.52. The molecule has 3 aliphatic carbocycles. The summed E-state index contributed by atoms with van der Waals surface area (Å²) in [7, 11) is 0. The van der Waals surface area contributed by atoms with Gasteiger partial charge < -0.3 is 5.32 Å². The van der Waals surface area contributed by atoms with E-state index in [1.807, 2.05) is 0 Å². The molecule has 5 atom stereocenters. The molecule has 0 aromatic carbocycles. The molecule has 0 spiro atoms. The van der Waals surface area contributed by atoms with Crippen LogP contribution in [0.15, 0.2) is 0 Å². The highest BCUT2D eigenvalue weighted by atomic mass is 15.3. The highest BCUT2D eigenvalue weighted by Gasteiger charge is 2.66. The van der Waals surface area contributed by atoms with E-state index in [9.17, 15) is 0 Å². The summed E-state index contributed by atoms with van der Waals surface area (Å²) in [5.74, 6) is 4.55. The number of nitrogens with one attached hydrogen (secondary N) is 1. The van der Waals surface area contributed by atoms with E-state index in [0.29, 0.717) is 0 Å². The Hall–Kier alpha value is -0.0800. The summed E-state index contributed by atoms with van der Waals surface area (Å²) in [5, 5.41) is 3.62. The van der Waals surface area contributed by atoms with Crippen molar-refractivity contribution < 1.29 is 0 Å². The van der Waals surface area contributed by atoms with E-state index >= 15 is 0 Å². The van der Waals surface area contributed by atoms with E-state index in [2.05, 4.69) is 17.1 Å². The average Bonchev–Trinajstić information content (AvgIpc) is 2.73. The van der Waals surface area contributed by atoms with Crippen LogP contribution in [0.2, 0.25) is 0 Å². The molecule has 4 fully saturated rings. The van der Waals surface area contributed by atoms with Gasteiger partial charge in [0.05, 0.1) is 0 Å². The van der Waals surface area contributed by atoms with Gasteiger partial charge in [-0.2, -0.15) is 0 Å². The summed E-state index contributed by atoms with van der Waals surface area (Å²) >= 11 is 0. The highest BCUT2D eigenvalue weighted by molar-refractivity contribution is 5.18. The van der Waals surface area contributed by atoms with Gasteiger partial charge in [-0.15, -0.1) is 0 Å². The molecule has 4 aliphatic rings. The van der Waals surface area contributed by atoms with E-state index in [1.165, 1.54) is 19.5 Å². The number of hydrogen-bond donors (Lipinski definition) is 1. The normalized spacial score (nSPS) is 54.6. The topological polar surface area (TPSA) is 15.3 Å². The third kappa shape index (κ3) is 1.26. The summed E-state index contributed by atoms with van der Waals surface area (Å²) in [6, 6.07) is 1.82. The molecule has 2 bridgehead atoms. The summed E-state index contributed by atoms with van der Waals surface area (Å²) in [6.45, 7) is 6.08. The molecule has 16 heavy (non-hydrogen) atoms. The molecule has 1 heterocycles. The number of likely N-dealkylation sites (tertiary alicyclic amines) is 1. The monoisotopic (exact) mass is 220 g/mol. The molecule has 2 heteroatoms. The summed E-state index contributed by atoms with van der Waals surface area (Å²) in [4.78, 5) is 2.83. The fraction of sp³-hybridized carbons (Fsp3) is 1.00. The van der Waals surface area contributed by atoms with Gasteiger partial charge in [-0.1, -0.05) is 6.92 Å². The first kappa shape index (κ1) is 9.90. The fourth-order valence-electron chi connectivity index (χ4n) is 5.28. The van der Waals surface area contributed by atoms with Crippen LogP contribution >= 0.6 is 0 Å². The maximum atomic E-state index is 3.62. The fourth-order valence-corrected chi connectivity index (χ4v) is 5.28. The molecule has 2 nitrogen and oxygen atoms in total. The van der Waals surface area contributed by atoms with Gasteiger partial charge in [0.15, 0.2) is 0 Å². The number of nitrogens with zero attached hydrogens (tertiary/aromatic N) is 1. The van der Waals surface area contributed by atoms with Crippen LogP contribution in [0.25, 0.3) is 0 Å². The van der Waals surface area contributed by atoms with Crippen molar-refractivity contribution in [3.8, 4) is 0 Å². The van der Waals surface area contributed by atoms with Crippen molar-refractivity contribution in [2.75, 3.05) is 19.6 Å². The van der Waals surface area contributed by atoms with Gasteiger partial charge in [0.25, 0.3) is 0 Å². The van der Waals surface area contributed by atoms with Crippen molar-refractivity contribution in [3.63, 3.8) is 0 Å². The maximum Gasteiger partial charge on any atom is 0.0207 e. The number of hydrogen-bond acceptors (Lipinski definition) is 2. The van der Waals surface area contributed by atoms with Crippen molar-refractivity contribution in [1.82, 2.24) is 10.2 Å². The van der Waals surface area contributed by atoms with Gasteiger partial charge >= 0.3 is 0 Å². The first-order chi connectivity index (χ1) is 7.88. The van der Waals surface area contributed by atoms with Gasteiger partial charge in [0.2, 0.25) is 0 Å². The zero-order valence-electron chi connectivity index (χ0n) is 10.4. The molecule has 5 unspecified atom stereocenters. The Morgan fingerprint density at radius 3 is 2.56 bits per heavy atom. The molecular weight excluding hydrogens is 196 g/mol. The van der Waals surface area contributed by atoms with E-state index < -0.39 is 0 Å². The molecular formula is C14H24N2. The molecule has 1 aliphatic heterocycles. The van der Waals surface area contributed by atoms with Crippen LogP contribution in [0.4, 0.5) is 0 Å². The van der Waals surface area contributed by atoms with E-state index in [1.54, 1.807) is 19.3 Å². The minimum atomic E-state index is 0.795. The third-order valence-corrected chi connectivity index (χ3v) is 5.83. The van der Waals surface area contributed by atoms with Crippen LogP contribution in [-0.4, -0.2) is 36.6 Å². The molecule has 90 valence electrons. The van der Waals surface area contributed by atoms with E-state index in [-0.39, 0.29) is 0 Å². The van der Waals surface area contributed by atoms with Crippen molar-refractivity contribution in [2.45, 2.75) is 44.7 Å². The second-order valence-electron chi connectivity index (χ2n) is 6.52. The number of fused-ring (bicyclic) bond motifs is 5. The second kappa shape index (κ2) is 3.46. The van der Waals surface area contributed by atoms with Gasteiger partial charge in [-0.05, 0) is 55.9 Å². The molecule has 0 amide bonds. The Morgan fingerprint density at radius 1 is 1.12 bits per heavy atom. The lowest BCUT2D eigenvalue weighted by Crippen LogP contribution is -2.34. The van der Waals surface area contributed by atoms with Crippen molar-refractivity contribution in [3.05, 3.63) is 0 Å². The van der Waals surface area contributed by atoms with Crippen LogP contribution in [0.3, 0.4) is 0 Å². The lowest BCUT2D eigenvalue weighted by atomic mass is 10.0. The van der Waals surface area contributed by atoms with Gasteiger partial charge in [-0.25, -0.2) is 0 Å². The molecule has 0 aromatic rings. The van der Waals surface area contributed by atoms with Crippen molar-refractivity contribution in [1.29, 1.82) is 0 Å². The van der Waals surface area contributed by atoms with Crippen molar-refractivity contribution in [2.24, 2.45) is 23.7 Å². The van der Waals surface area contributed by atoms with Crippen molar-refractivity contribution >= 4 is 0 Å². The first-order valence-corrected chi connectivity index (χ1v) is 7.36. The van der Waals surface area contributed by atoms with E-state index in [0.717, 1.165) is 42.3 Å². The Kier molecular flexibility index (Phi) is 2.14. The summed E-state index contributed by atoms with van der Waals surface area (Å²) in [6.07, 6.45) is 6.11. The lowest BCUT2D eigenvalue weighted by molar-refractivity contribution is 0.261. The largest absolute Gasteiger partial charge is 0.313 e. The molecule has 0 aromatic heterocycles. The SMILES string of the molecule is CCNC1CCN(C2C3C4CCC(C4)C32)C1. The van der Waals surface area contributed by atoms with E-state index in [4.69, 9.17) is 0 Å². The molecule has 1 saturated heterocycles. The zero-order chi connectivity index (χ0) is 10.7. The molecule has 4 rings (SSSR count). The smallest absolute Gasteiger partial charge is 0.0207 e. The summed E-state index contributed by atoms with van der Waals surface area (Å²) in [5.41, 5.74) is 0. The minimum absolute atomic E-state index is 0.795. The Bertz CT molecular complexity index is 274. The number of likely N-dealkylation sites (N-methyl/N-ethyl adjacent to an activating group) is 1. The standard InChI is InChI=1S/C14H24N2/c1-2-15-11-5-6-16(8-11)14-12-9-3-4-10(7-9)13(12)14/h9-15H,2-8H2,1H3. The van der Waals surface area contributed by atoms with Gasteiger partial charge in [0.1, 0.15) is 0 Å². The Balaban J connectivity index is 1.40. The van der Waals surface area contributed by atoms with Crippen LogP contribution in [0.5, 0.6) is 0 Å². The summed E-state index contributed by atoms with van der Waals surface area (Å²) < 4.78 is 0. The molecule has 0 radical (unpaired) electrons. The Labute approximate surface area is 98.8 Å². The highest BCUT2D eigenvalue weighted by Crippen LogP contribution is 2.67. The van der Waals surface area contributed by atoms with Gasteiger partial charge in [0, 0.05) is 25.2 Å². The van der Waals surface area contributed by atoms with Crippen LogP contribution in [0, 0.1) is 23.7 Å². The first-order valence-electron chi connectivity index (χ1n) is 7.36. The minimum Gasteiger partial charge on any atom is -0.313 e. The molecule has 1 N–H and O–H groups in total. The lowest BCUT2D eigenvalue weighted by Gasteiger charge is -2.20. The van der Waals surface area contributed by atoms with Crippen LogP contribution in [0.1, 0.15) is 32.6 Å². The quantitative estimate of drug-likeness (QED) is 0.779. The molecule has 3 saturated carbocycles. The number of rotatable bonds is 3. The predicted molar refractivity (Wildman–Crippen MR) is 65.3 cm³/mol. The Morgan fingerprint density at radius 2 is 1.88 bits per heavy atom. The zero-order valence-corrected chi connectivity index (χ0v) is 10.4. The average molecular weight is 220 g/mol. The van der Waals surface area contributed by atoms with Gasteiger partial charge in [-0.3, -0.25) is 4.90 Å².